The van der Waals surface area contributed by atoms with Crippen molar-refractivity contribution >= 4 is 0 Å². The van der Waals surface area contributed by atoms with Crippen LogP contribution in [0.4, 0.5) is 0 Å². The Morgan fingerprint density at radius 3 is 1.57 bits per heavy atom. The molecule has 2 nitrogen and oxygen atoms in total. The maximum atomic E-state index is 5.56. The lowest BCUT2D eigenvalue weighted by molar-refractivity contribution is 0.0221. The predicted octanol–water partition coefficient (Wildman–Crippen LogP) is 3.11. The summed E-state index contributed by atoms with van der Waals surface area (Å²) in [5.74, 6) is 1.19. The van der Waals surface area contributed by atoms with Gasteiger partial charge in [0, 0.05) is 19.1 Å². The van der Waals surface area contributed by atoms with E-state index < -0.39 is 0 Å². The Morgan fingerprint density at radius 1 is 0.857 bits per heavy atom. The molecule has 0 spiro atoms. The summed E-state index contributed by atoms with van der Waals surface area (Å²) in [7, 11) is 0. The van der Waals surface area contributed by atoms with E-state index >= 15 is 0 Å². The summed E-state index contributed by atoms with van der Waals surface area (Å²) in [4.78, 5) is 0. The first-order valence-electron chi connectivity index (χ1n) is 5.87. The Balaban J connectivity index is 3.55. The summed E-state index contributed by atoms with van der Waals surface area (Å²) in [5.41, 5.74) is 0. The molecule has 0 radical (unpaired) electrons. The Bertz CT molecular complexity index is 103. The van der Waals surface area contributed by atoms with Crippen LogP contribution < -0.4 is 0 Å². The van der Waals surface area contributed by atoms with Crippen LogP contribution in [0.15, 0.2) is 0 Å². The molecular weight excluding hydrogens is 176 g/mol. The lowest BCUT2D eigenvalue weighted by atomic mass is 9.98. The minimum absolute atomic E-state index is 0.549. The highest BCUT2D eigenvalue weighted by Gasteiger charge is 2.13. The second kappa shape index (κ2) is 9.47. The molecule has 0 aromatic heterocycles. The zero-order chi connectivity index (χ0) is 10.8. The van der Waals surface area contributed by atoms with Crippen LogP contribution in [0.1, 0.15) is 40.5 Å². The molecule has 0 rings (SSSR count). The molecule has 86 valence electrons. The van der Waals surface area contributed by atoms with Gasteiger partial charge in [0.05, 0.1) is 13.2 Å². The van der Waals surface area contributed by atoms with Crippen molar-refractivity contribution in [3.63, 3.8) is 0 Å². The van der Waals surface area contributed by atoms with E-state index in [-0.39, 0.29) is 0 Å². The van der Waals surface area contributed by atoms with Crippen molar-refractivity contribution in [2.45, 2.75) is 40.5 Å². The van der Waals surface area contributed by atoms with Gasteiger partial charge in [-0.3, -0.25) is 0 Å². The van der Waals surface area contributed by atoms with Crippen LogP contribution in [0.25, 0.3) is 0 Å². The van der Waals surface area contributed by atoms with Crippen LogP contribution in [-0.2, 0) is 9.47 Å². The van der Waals surface area contributed by atoms with Crippen LogP contribution in [-0.4, -0.2) is 26.4 Å². The zero-order valence-electron chi connectivity index (χ0n) is 10.2. The summed E-state index contributed by atoms with van der Waals surface area (Å²) in [6.45, 7) is 12.2. The molecule has 0 atom stereocenters. The SMILES string of the molecule is CCCOCC(COCCC)C(C)C. The molecule has 0 unspecified atom stereocenters. The van der Waals surface area contributed by atoms with E-state index in [0.29, 0.717) is 11.8 Å². The highest BCUT2D eigenvalue weighted by atomic mass is 16.5. The summed E-state index contributed by atoms with van der Waals surface area (Å²) < 4.78 is 11.1. The molecule has 0 bridgehead atoms. The number of hydrogen-bond acceptors (Lipinski definition) is 2. The maximum absolute atomic E-state index is 5.56. The fraction of sp³-hybridized carbons (Fsp3) is 1.00. The summed E-state index contributed by atoms with van der Waals surface area (Å²) in [5, 5.41) is 0. The quantitative estimate of drug-likeness (QED) is 0.535. The van der Waals surface area contributed by atoms with Crippen LogP contribution >= 0.6 is 0 Å². The number of rotatable bonds is 9. The fourth-order valence-electron chi connectivity index (χ4n) is 1.19. The van der Waals surface area contributed by atoms with E-state index in [9.17, 15) is 0 Å². The lowest BCUT2D eigenvalue weighted by Gasteiger charge is -2.20. The van der Waals surface area contributed by atoms with E-state index in [2.05, 4.69) is 27.7 Å². The van der Waals surface area contributed by atoms with Crippen LogP contribution in [0, 0.1) is 11.8 Å². The van der Waals surface area contributed by atoms with Crippen LogP contribution in [0.2, 0.25) is 0 Å². The van der Waals surface area contributed by atoms with Gasteiger partial charge >= 0.3 is 0 Å². The number of hydrogen-bond donors (Lipinski definition) is 0. The first kappa shape index (κ1) is 13.9. The zero-order valence-corrected chi connectivity index (χ0v) is 10.2. The molecule has 0 aromatic rings. The standard InChI is InChI=1S/C12H26O2/c1-5-7-13-9-12(11(3)4)10-14-8-6-2/h11-12H,5-10H2,1-4H3. The van der Waals surface area contributed by atoms with Crippen LogP contribution in [0.5, 0.6) is 0 Å². The topological polar surface area (TPSA) is 18.5 Å². The van der Waals surface area contributed by atoms with Gasteiger partial charge in [0.2, 0.25) is 0 Å². The first-order valence-corrected chi connectivity index (χ1v) is 5.87. The molecule has 0 fully saturated rings. The van der Waals surface area contributed by atoms with E-state index in [4.69, 9.17) is 9.47 Å². The number of ether oxygens (including phenoxy) is 2. The van der Waals surface area contributed by atoms with Crippen molar-refractivity contribution in [1.82, 2.24) is 0 Å². The van der Waals surface area contributed by atoms with Gasteiger partial charge in [0.15, 0.2) is 0 Å². The van der Waals surface area contributed by atoms with E-state index in [1.807, 2.05) is 0 Å². The highest BCUT2D eigenvalue weighted by molar-refractivity contribution is 4.61. The van der Waals surface area contributed by atoms with Gasteiger partial charge in [-0.25, -0.2) is 0 Å². The first-order chi connectivity index (χ1) is 6.72. The molecule has 14 heavy (non-hydrogen) atoms. The van der Waals surface area contributed by atoms with Gasteiger partial charge in [-0.05, 0) is 18.8 Å². The van der Waals surface area contributed by atoms with Crippen molar-refractivity contribution in [3.05, 3.63) is 0 Å². The van der Waals surface area contributed by atoms with Crippen molar-refractivity contribution in [1.29, 1.82) is 0 Å². The van der Waals surface area contributed by atoms with Gasteiger partial charge in [0.1, 0.15) is 0 Å². The molecule has 0 aliphatic carbocycles. The minimum Gasteiger partial charge on any atom is -0.381 e. The molecule has 0 amide bonds. The van der Waals surface area contributed by atoms with Gasteiger partial charge in [-0.2, -0.15) is 0 Å². The average molecular weight is 202 g/mol. The molecule has 0 saturated carbocycles. The van der Waals surface area contributed by atoms with E-state index in [1.54, 1.807) is 0 Å². The van der Waals surface area contributed by atoms with Gasteiger partial charge in [-0.15, -0.1) is 0 Å². The Kier molecular flexibility index (Phi) is 9.42. The van der Waals surface area contributed by atoms with Crippen LogP contribution in [0.3, 0.4) is 0 Å². The van der Waals surface area contributed by atoms with Gasteiger partial charge < -0.3 is 9.47 Å². The average Bonchev–Trinajstić information content (AvgIpc) is 2.15. The Labute approximate surface area is 89.0 Å². The molecule has 0 heterocycles. The minimum atomic E-state index is 0.549. The normalized spacial score (nSPS) is 11.6. The molecular formula is C12H26O2. The molecule has 0 saturated heterocycles. The highest BCUT2D eigenvalue weighted by Crippen LogP contribution is 2.12. The molecule has 2 heteroatoms. The van der Waals surface area contributed by atoms with Crippen molar-refractivity contribution in [3.8, 4) is 0 Å². The third-order valence-corrected chi connectivity index (χ3v) is 2.30. The second-order valence-corrected chi connectivity index (χ2v) is 4.15. The van der Waals surface area contributed by atoms with Crippen molar-refractivity contribution < 1.29 is 9.47 Å². The lowest BCUT2D eigenvalue weighted by Crippen LogP contribution is -2.22. The Morgan fingerprint density at radius 2 is 1.29 bits per heavy atom. The monoisotopic (exact) mass is 202 g/mol. The summed E-state index contributed by atoms with van der Waals surface area (Å²) in [6, 6.07) is 0. The van der Waals surface area contributed by atoms with Crippen molar-refractivity contribution in [2.75, 3.05) is 26.4 Å². The maximum Gasteiger partial charge on any atom is 0.0518 e. The van der Waals surface area contributed by atoms with E-state index in [1.165, 1.54) is 0 Å². The van der Waals surface area contributed by atoms with Gasteiger partial charge in [0.25, 0.3) is 0 Å². The smallest absolute Gasteiger partial charge is 0.0518 e. The molecule has 0 aliphatic rings. The van der Waals surface area contributed by atoms with E-state index in [0.717, 1.165) is 39.3 Å². The largest absolute Gasteiger partial charge is 0.381 e. The summed E-state index contributed by atoms with van der Waals surface area (Å²) >= 11 is 0. The van der Waals surface area contributed by atoms with Gasteiger partial charge in [-0.1, -0.05) is 27.7 Å². The molecule has 0 aromatic carbocycles. The third kappa shape index (κ3) is 7.34. The second-order valence-electron chi connectivity index (χ2n) is 4.15. The third-order valence-electron chi connectivity index (χ3n) is 2.30. The molecule has 0 N–H and O–H groups in total. The molecule has 0 aliphatic heterocycles. The van der Waals surface area contributed by atoms with Crippen molar-refractivity contribution in [2.24, 2.45) is 11.8 Å². The Hall–Kier alpha value is -0.0800. The predicted molar refractivity (Wildman–Crippen MR) is 60.5 cm³/mol. The summed E-state index contributed by atoms with van der Waals surface area (Å²) in [6.07, 6.45) is 2.20. The fourth-order valence-corrected chi connectivity index (χ4v) is 1.19.